The predicted molar refractivity (Wildman–Crippen MR) is 97.3 cm³/mol. The summed E-state index contributed by atoms with van der Waals surface area (Å²) in [4.78, 5) is 24.4. The number of ketones is 1. The summed E-state index contributed by atoms with van der Waals surface area (Å²) in [6, 6.07) is 10.1. The van der Waals surface area contributed by atoms with Crippen LogP contribution in [-0.2, 0) is 4.79 Å². The van der Waals surface area contributed by atoms with Gasteiger partial charge in [-0.05, 0) is 49.2 Å². The number of esters is 1. The molecule has 0 atom stereocenters. The molecule has 4 rings (SSSR count). The van der Waals surface area contributed by atoms with Crippen LogP contribution in [0.25, 0.3) is 6.08 Å². The fraction of sp³-hybridized carbons (Fsp3) is 0.238. The van der Waals surface area contributed by atoms with E-state index in [4.69, 9.17) is 18.9 Å². The number of allylic oxidation sites excluding steroid dienone is 1. The summed E-state index contributed by atoms with van der Waals surface area (Å²) in [5, 5.41) is 0. The van der Waals surface area contributed by atoms with Crippen LogP contribution >= 0.6 is 0 Å². The Bertz CT molecular complexity index is 955. The number of rotatable bonds is 5. The molecule has 0 amide bonds. The molecular formula is C21H18O6. The van der Waals surface area contributed by atoms with Crippen LogP contribution in [0.1, 0.15) is 28.8 Å². The third kappa shape index (κ3) is 3.38. The first-order valence-electron chi connectivity index (χ1n) is 8.61. The van der Waals surface area contributed by atoms with Crippen LogP contribution in [0.15, 0.2) is 42.2 Å². The van der Waals surface area contributed by atoms with Gasteiger partial charge in [0.25, 0.3) is 0 Å². The number of carbonyl (C=O) groups is 2. The van der Waals surface area contributed by atoms with Crippen molar-refractivity contribution >= 4 is 17.8 Å². The molecular weight excluding hydrogens is 348 g/mol. The lowest BCUT2D eigenvalue weighted by Gasteiger charge is -2.08. The number of Topliss-reactive ketones (excluding diaryl/α,β-unsaturated/α-hetero) is 1. The van der Waals surface area contributed by atoms with Crippen molar-refractivity contribution in [1.29, 1.82) is 0 Å². The average molecular weight is 366 g/mol. The number of methoxy groups -OCH3 is 2. The van der Waals surface area contributed by atoms with Gasteiger partial charge in [-0.1, -0.05) is 0 Å². The fourth-order valence-electron chi connectivity index (χ4n) is 2.84. The van der Waals surface area contributed by atoms with Crippen molar-refractivity contribution < 1.29 is 28.5 Å². The lowest BCUT2D eigenvalue weighted by Crippen LogP contribution is -2.09. The van der Waals surface area contributed by atoms with E-state index in [1.54, 1.807) is 56.7 Å². The van der Waals surface area contributed by atoms with Crippen LogP contribution in [-0.4, -0.2) is 26.0 Å². The minimum Gasteiger partial charge on any atom is -0.497 e. The van der Waals surface area contributed by atoms with Crippen molar-refractivity contribution in [2.45, 2.75) is 12.8 Å². The summed E-state index contributed by atoms with van der Waals surface area (Å²) in [5.74, 6) is 1.66. The lowest BCUT2D eigenvalue weighted by atomic mass is 10.1. The Morgan fingerprint density at radius 1 is 1.07 bits per heavy atom. The second-order valence-electron chi connectivity index (χ2n) is 6.40. The van der Waals surface area contributed by atoms with Gasteiger partial charge in [0.05, 0.1) is 25.7 Å². The van der Waals surface area contributed by atoms with Crippen molar-refractivity contribution in [3.63, 3.8) is 0 Å². The molecule has 1 fully saturated rings. The quantitative estimate of drug-likeness (QED) is 0.457. The molecule has 2 aliphatic rings. The fourth-order valence-corrected chi connectivity index (χ4v) is 2.84. The minimum absolute atomic E-state index is 0.00297. The number of hydrogen-bond acceptors (Lipinski definition) is 6. The van der Waals surface area contributed by atoms with Gasteiger partial charge in [0, 0.05) is 11.6 Å². The number of ether oxygens (including phenoxy) is 4. The van der Waals surface area contributed by atoms with Crippen LogP contribution in [0.2, 0.25) is 0 Å². The monoisotopic (exact) mass is 366 g/mol. The maximum absolute atomic E-state index is 12.6. The molecule has 2 aromatic rings. The summed E-state index contributed by atoms with van der Waals surface area (Å²) in [6.07, 6.45) is 3.35. The second-order valence-corrected chi connectivity index (χ2v) is 6.40. The molecule has 27 heavy (non-hydrogen) atoms. The van der Waals surface area contributed by atoms with E-state index in [2.05, 4.69) is 0 Å². The first-order valence-corrected chi connectivity index (χ1v) is 8.61. The highest BCUT2D eigenvalue weighted by Gasteiger charge is 2.33. The molecule has 0 bridgehead atoms. The zero-order chi connectivity index (χ0) is 19.0. The van der Waals surface area contributed by atoms with E-state index < -0.39 is 0 Å². The molecule has 6 heteroatoms. The molecule has 0 radical (unpaired) electrons. The molecule has 0 N–H and O–H groups in total. The summed E-state index contributed by atoms with van der Waals surface area (Å²) in [5.41, 5.74) is 1.09. The molecule has 1 aliphatic carbocycles. The maximum Gasteiger partial charge on any atom is 0.314 e. The van der Waals surface area contributed by atoms with Crippen LogP contribution in [0, 0.1) is 5.92 Å². The predicted octanol–water partition coefficient (Wildman–Crippen LogP) is 3.64. The number of fused-ring (bicyclic) bond motifs is 1. The van der Waals surface area contributed by atoms with Crippen LogP contribution in [0.5, 0.6) is 23.0 Å². The third-order valence-corrected chi connectivity index (χ3v) is 4.49. The SMILES string of the molecule is COc1ccc(OC)c(C=C2Oc3cc(OC(=O)C4CC4)ccc3C2=O)c1. The number of hydrogen-bond donors (Lipinski definition) is 0. The molecule has 138 valence electrons. The Labute approximate surface area is 156 Å². The highest BCUT2D eigenvalue weighted by molar-refractivity contribution is 6.14. The van der Waals surface area contributed by atoms with Crippen LogP contribution in [0.4, 0.5) is 0 Å². The van der Waals surface area contributed by atoms with E-state index in [1.165, 1.54) is 0 Å². The summed E-state index contributed by atoms with van der Waals surface area (Å²) < 4.78 is 21.6. The van der Waals surface area contributed by atoms with Crippen LogP contribution < -0.4 is 18.9 Å². The van der Waals surface area contributed by atoms with Gasteiger partial charge in [-0.2, -0.15) is 0 Å². The van der Waals surface area contributed by atoms with Crippen molar-refractivity contribution in [2.24, 2.45) is 5.92 Å². The van der Waals surface area contributed by atoms with Gasteiger partial charge in [0.15, 0.2) is 5.76 Å². The van der Waals surface area contributed by atoms with Gasteiger partial charge in [-0.15, -0.1) is 0 Å². The second kappa shape index (κ2) is 6.79. The van der Waals surface area contributed by atoms with E-state index in [0.717, 1.165) is 12.8 Å². The average Bonchev–Trinajstić information content (AvgIpc) is 3.48. The van der Waals surface area contributed by atoms with Crippen molar-refractivity contribution in [3.05, 3.63) is 53.3 Å². The van der Waals surface area contributed by atoms with E-state index in [0.29, 0.717) is 34.1 Å². The Balaban J connectivity index is 1.61. The van der Waals surface area contributed by atoms with E-state index in [9.17, 15) is 9.59 Å². The van der Waals surface area contributed by atoms with E-state index in [1.807, 2.05) is 0 Å². The zero-order valence-corrected chi connectivity index (χ0v) is 15.0. The maximum atomic E-state index is 12.6. The summed E-state index contributed by atoms with van der Waals surface area (Å²) in [6.45, 7) is 0. The van der Waals surface area contributed by atoms with E-state index in [-0.39, 0.29) is 23.4 Å². The molecule has 0 saturated heterocycles. The van der Waals surface area contributed by atoms with E-state index >= 15 is 0 Å². The molecule has 0 unspecified atom stereocenters. The normalized spacial score (nSPS) is 16.7. The molecule has 1 heterocycles. The largest absolute Gasteiger partial charge is 0.497 e. The van der Waals surface area contributed by atoms with Gasteiger partial charge in [-0.25, -0.2) is 0 Å². The van der Waals surface area contributed by atoms with Crippen molar-refractivity contribution in [1.82, 2.24) is 0 Å². The molecule has 1 saturated carbocycles. The van der Waals surface area contributed by atoms with Crippen LogP contribution in [0.3, 0.4) is 0 Å². The minimum atomic E-state index is -0.241. The lowest BCUT2D eigenvalue weighted by molar-refractivity contribution is -0.135. The molecule has 6 nitrogen and oxygen atoms in total. The molecule has 2 aromatic carbocycles. The zero-order valence-electron chi connectivity index (χ0n) is 15.0. The van der Waals surface area contributed by atoms with Gasteiger partial charge in [-0.3, -0.25) is 9.59 Å². The van der Waals surface area contributed by atoms with Crippen molar-refractivity contribution in [3.8, 4) is 23.0 Å². The molecule has 0 aromatic heterocycles. The highest BCUT2D eigenvalue weighted by atomic mass is 16.5. The first-order chi connectivity index (χ1) is 13.1. The van der Waals surface area contributed by atoms with Gasteiger partial charge < -0.3 is 18.9 Å². The van der Waals surface area contributed by atoms with Crippen molar-refractivity contribution in [2.75, 3.05) is 14.2 Å². The number of benzene rings is 2. The number of carbonyl (C=O) groups excluding carboxylic acids is 2. The first kappa shape index (κ1) is 17.1. The highest BCUT2D eigenvalue weighted by Crippen LogP contribution is 2.37. The molecule has 0 spiro atoms. The smallest absolute Gasteiger partial charge is 0.314 e. The van der Waals surface area contributed by atoms with Gasteiger partial charge >= 0.3 is 5.97 Å². The topological polar surface area (TPSA) is 71.1 Å². The molecule has 1 aliphatic heterocycles. The standard InChI is InChI=1S/C21H18O6/c1-24-14-6-8-17(25-2)13(9-14)10-19-20(22)16-7-5-15(11-18(16)27-19)26-21(23)12-3-4-12/h5-12H,3-4H2,1-2H3. The summed E-state index contributed by atoms with van der Waals surface area (Å²) in [7, 11) is 3.12. The summed E-state index contributed by atoms with van der Waals surface area (Å²) >= 11 is 0. The Hall–Kier alpha value is -3.28. The Morgan fingerprint density at radius 2 is 1.85 bits per heavy atom. The Kier molecular flexibility index (Phi) is 4.32. The Morgan fingerprint density at radius 3 is 2.56 bits per heavy atom. The van der Waals surface area contributed by atoms with Gasteiger partial charge in [0.2, 0.25) is 5.78 Å². The third-order valence-electron chi connectivity index (χ3n) is 4.49. The van der Waals surface area contributed by atoms with Gasteiger partial charge in [0.1, 0.15) is 23.0 Å².